The summed E-state index contributed by atoms with van der Waals surface area (Å²) in [6.45, 7) is 6.19. The molecule has 2 aromatic carbocycles. The second-order valence-electron chi connectivity index (χ2n) is 8.33. The predicted molar refractivity (Wildman–Crippen MR) is 128 cm³/mol. The molecule has 1 saturated heterocycles. The van der Waals surface area contributed by atoms with E-state index in [1.54, 1.807) is 24.3 Å². The molecule has 32 heavy (non-hydrogen) atoms. The molecule has 0 aliphatic carbocycles. The number of aromatic nitrogens is 3. The minimum atomic E-state index is -0.286. The molecule has 1 aliphatic heterocycles. The van der Waals surface area contributed by atoms with Crippen LogP contribution in [-0.4, -0.2) is 76.0 Å². The van der Waals surface area contributed by atoms with Crippen LogP contribution in [0.4, 0.5) is 11.5 Å². The van der Waals surface area contributed by atoms with Crippen molar-refractivity contribution in [1.29, 1.82) is 0 Å². The third-order valence-electron chi connectivity index (χ3n) is 6.10. The number of nitrogens with two attached hydrogens (primary N) is 1. The number of nitrogen functional groups attached to an aromatic ring is 1. The predicted octanol–water partition coefficient (Wildman–Crippen LogP) is 1.81. The SMILES string of the molecule is CN1CCN(CCNc2ccc3c(c2)[nH]c(=O)c2c(N)n(-c4cccc(O)c4)nc23)CC1. The highest BCUT2D eigenvalue weighted by molar-refractivity contribution is 6.07. The molecule has 166 valence electrons. The monoisotopic (exact) mass is 433 g/mol. The highest BCUT2D eigenvalue weighted by Crippen LogP contribution is 2.28. The lowest BCUT2D eigenvalue weighted by Crippen LogP contribution is -2.45. The maximum atomic E-state index is 12.8. The molecule has 5 rings (SSSR count). The van der Waals surface area contributed by atoms with Crippen molar-refractivity contribution in [3.05, 3.63) is 52.8 Å². The van der Waals surface area contributed by atoms with Crippen molar-refractivity contribution in [3.63, 3.8) is 0 Å². The van der Waals surface area contributed by atoms with Crippen LogP contribution in [0.15, 0.2) is 47.3 Å². The van der Waals surface area contributed by atoms with Crippen LogP contribution in [0.3, 0.4) is 0 Å². The number of benzene rings is 2. The fourth-order valence-corrected chi connectivity index (χ4v) is 4.24. The first-order valence-electron chi connectivity index (χ1n) is 10.8. The number of hydrogen-bond donors (Lipinski definition) is 4. The molecule has 3 heterocycles. The van der Waals surface area contributed by atoms with Crippen LogP contribution >= 0.6 is 0 Å². The molecule has 0 spiro atoms. The Bertz CT molecular complexity index is 1340. The Labute approximate surface area is 185 Å². The van der Waals surface area contributed by atoms with E-state index < -0.39 is 0 Å². The summed E-state index contributed by atoms with van der Waals surface area (Å²) in [5.74, 6) is 0.343. The molecule has 1 fully saturated rings. The molecule has 5 N–H and O–H groups in total. The topological polar surface area (TPSA) is 115 Å². The fraction of sp³-hybridized carbons (Fsp3) is 0.304. The average Bonchev–Trinajstić information content (AvgIpc) is 3.13. The molecule has 0 atom stereocenters. The standard InChI is InChI=1S/C23H27N7O2/c1-28-9-11-29(12-10-28)8-7-25-15-5-6-18-19(13-15)26-23(32)20-21(18)27-30(22(20)24)16-3-2-4-17(31)14-16/h2-6,13-14,25,31H,7-12,24H2,1H3,(H,26,32). The quantitative estimate of drug-likeness (QED) is 0.379. The maximum Gasteiger partial charge on any atom is 0.261 e. The van der Waals surface area contributed by atoms with Crippen molar-refractivity contribution in [2.75, 3.05) is 57.4 Å². The molecule has 0 unspecified atom stereocenters. The van der Waals surface area contributed by atoms with Crippen LogP contribution in [0.2, 0.25) is 0 Å². The molecule has 0 amide bonds. The number of aromatic amines is 1. The van der Waals surface area contributed by atoms with E-state index in [-0.39, 0.29) is 17.1 Å². The molecule has 1 aliphatic rings. The van der Waals surface area contributed by atoms with Gasteiger partial charge in [-0.15, -0.1) is 0 Å². The molecular formula is C23H27N7O2. The van der Waals surface area contributed by atoms with Crippen molar-refractivity contribution >= 4 is 33.3 Å². The zero-order valence-electron chi connectivity index (χ0n) is 18.0. The first-order chi connectivity index (χ1) is 15.5. The summed E-state index contributed by atoms with van der Waals surface area (Å²) in [6.07, 6.45) is 0. The molecule has 4 aromatic rings. The van der Waals surface area contributed by atoms with Gasteiger partial charge in [0.25, 0.3) is 5.56 Å². The third-order valence-corrected chi connectivity index (χ3v) is 6.10. The number of fused-ring (bicyclic) bond motifs is 3. The van der Waals surface area contributed by atoms with E-state index in [1.807, 2.05) is 18.2 Å². The Hall–Kier alpha value is -3.56. The summed E-state index contributed by atoms with van der Waals surface area (Å²) in [5.41, 5.74) is 8.76. The van der Waals surface area contributed by atoms with Gasteiger partial charge in [-0.1, -0.05) is 6.07 Å². The maximum absolute atomic E-state index is 12.8. The first-order valence-corrected chi connectivity index (χ1v) is 10.8. The summed E-state index contributed by atoms with van der Waals surface area (Å²) >= 11 is 0. The van der Waals surface area contributed by atoms with Gasteiger partial charge in [-0.25, -0.2) is 4.68 Å². The number of pyridine rings is 1. The minimum absolute atomic E-state index is 0.104. The van der Waals surface area contributed by atoms with Crippen LogP contribution in [0.25, 0.3) is 27.5 Å². The van der Waals surface area contributed by atoms with Crippen LogP contribution in [0.1, 0.15) is 0 Å². The third kappa shape index (κ3) is 3.76. The Balaban J connectivity index is 1.43. The van der Waals surface area contributed by atoms with E-state index in [1.165, 1.54) is 4.68 Å². The number of hydrogen-bond acceptors (Lipinski definition) is 7. The normalized spacial score (nSPS) is 15.5. The number of H-pyrrole nitrogens is 1. The highest BCUT2D eigenvalue weighted by atomic mass is 16.3. The number of aromatic hydroxyl groups is 1. The Morgan fingerprint density at radius 3 is 2.75 bits per heavy atom. The fourth-order valence-electron chi connectivity index (χ4n) is 4.24. The molecule has 9 heteroatoms. The number of piperazine rings is 1. The van der Waals surface area contributed by atoms with Gasteiger partial charge in [-0.2, -0.15) is 5.10 Å². The van der Waals surface area contributed by atoms with Gasteiger partial charge in [0.15, 0.2) is 0 Å². The zero-order chi connectivity index (χ0) is 22.2. The van der Waals surface area contributed by atoms with Gasteiger partial charge < -0.3 is 26.0 Å². The number of phenolic OH excluding ortho intramolecular Hbond substituents is 1. The summed E-state index contributed by atoms with van der Waals surface area (Å²) in [4.78, 5) is 20.6. The number of likely N-dealkylation sites (N-methyl/N-ethyl adjacent to an activating group) is 1. The van der Waals surface area contributed by atoms with E-state index in [4.69, 9.17) is 5.73 Å². The molecule has 9 nitrogen and oxygen atoms in total. The van der Waals surface area contributed by atoms with Crippen LogP contribution < -0.4 is 16.6 Å². The Morgan fingerprint density at radius 1 is 1.16 bits per heavy atom. The second kappa shape index (κ2) is 8.18. The largest absolute Gasteiger partial charge is 0.508 e. The lowest BCUT2D eigenvalue weighted by Gasteiger charge is -2.32. The lowest BCUT2D eigenvalue weighted by atomic mass is 10.1. The Morgan fingerprint density at radius 2 is 1.97 bits per heavy atom. The van der Waals surface area contributed by atoms with E-state index in [0.29, 0.717) is 22.1 Å². The molecule has 0 saturated carbocycles. The van der Waals surface area contributed by atoms with E-state index in [0.717, 1.165) is 50.3 Å². The summed E-state index contributed by atoms with van der Waals surface area (Å²) in [6, 6.07) is 12.5. The van der Waals surface area contributed by atoms with Gasteiger partial charge in [-0.05, 0) is 37.4 Å². The molecule has 0 bridgehead atoms. The van der Waals surface area contributed by atoms with Crippen LogP contribution in [0.5, 0.6) is 5.75 Å². The average molecular weight is 434 g/mol. The Kier molecular flexibility index (Phi) is 5.20. The van der Waals surface area contributed by atoms with E-state index in [9.17, 15) is 9.90 Å². The minimum Gasteiger partial charge on any atom is -0.508 e. The number of nitrogens with zero attached hydrogens (tertiary/aromatic N) is 4. The second-order valence-corrected chi connectivity index (χ2v) is 8.33. The number of phenols is 1. The van der Waals surface area contributed by atoms with Crippen LogP contribution in [-0.2, 0) is 0 Å². The molecule has 2 aromatic heterocycles. The van der Waals surface area contributed by atoms with Crippen molar-refractivity contribution in [1.82, 2.24) is 24.6 Å². The van der Waals surface area contributed by atoms with Crippen molar-refractivity contribution in [2.45, 2.75) is 0 Å². The van der Waals surface area contributed by atoms with Crippen molar-refractivity contribution < 1.29 is 5.11 Å². The van der Waals surface area contributed by atoms with Crippen molar-refractivity contribution in [2.24, 2.45) is 0 Å². The number of anilines is 2. The molecule has 0 radical (unpaired) electrons. The van der Waals surface area contributed by atoms with Gasteiger partial charge in [0.1, 0.15) is 22.5 Å². The van der Waals surface area contributed by atoms with Crippen molar-refractivity contribution in [3.8, 4) is 11.4 Å². The number of rotatable bonds is 5. The first kappa shape index (κ1) is 20.3. The number of nitrogens with one attached hydrogen (secondary N) is 2. The van der Waals surface area contributed by atoms with Crippen LogP contribution in [0, 0.1) is 0 Å². The van der Waals surface area contributed by atoms with Gasteiger partial charge >= 0.3 is 0 Å². The van der Waals surface area contributed by atoms with Gasteiger partial charge in [0, 0.05) is 56.4 Å². The lowest BCUT2D eigenvalue weighted by molar-refractivity contribution is 0.158. The summed E-state index contributed by atoms with van der Waals surface area (Å²) in [5, 5.41) is 19.0. The highest BCUT2D eigenvalue weighted by Gasteiger charge is 2.17. The van der Waals surface area contributed by atoms with Gasteiger partial charge in [0.05, 0.1) is 11.2 Å². The zero-order valence-corrected chi connectivity index (χ0v) is 18.0. The van der Waals surface area contributed by atoms with Gasteiger partial charge in [0.2, 0.25) is 0 Å². The van der Waals surface area contributed by atoms with Gasteiger partial charge in [-0.3, -0.25) is 9.69 Å². The van der Waals surface area contributed by atoms with E-state index >= 15 is 0 Å². The summed E-state index contributed by atoms with van der Waals surface area (Å²) < 4.78 is 1.49. The molecular weight excluding hydrogens is 406 g/mol. The van der Waals surface area contributed by atoms with E-state index in [2.05, 4.69) is 32.2 Å². The summed E-state index contributed by atoms with van der Waals surface area (Å²) in [7, 11) is 2.16. The smallest absolute Gasteiger partial charge is 0.261 e.